The zero-order chi connectivity index (χ0) is 9.68. The van der Waals surface area contributed by atoms with Crippen molar-refractivity contribution in [3.05, 3.63) is 35.6 Å². The molecule has 0 spiro atoms. The molecule has 0 heterocycles. The molecule has 13 heavy (non-hydrogen) atoms. The Morgan fingerprint density at radius 1 is 1.38 bits per heavy atom. The van der Waals surface area contributed by atoms with Gasteiger partial charge in [0.2, 0.25) is 0 Å². The van der Waals surface area contributed by atoms with Crippen molar-refractivity contribution in [3.8, 4) is 0 Å². The third-order valence-corrected chi connectivity index (χ3v) is 1.94. The van der Waals surface area contributed by atoms with Crippen LogP contribution in [0.4, 0.5) is 4.39 Å². The maximum Gasteiger partial charge on any atom is 0.123 e. The van der Waals surface area contributed by atoms with E-state index >= 15 is 0 Å². The molecule has 0 saturated heterocycles. The van der Waals surface area contributed by atoms with Crippen molar-refractivity contribution in [1.82, 2.24) is 5.48 Å². The van der Waals surface area contributed by atoms with E-state index in [4.69, 9.17) is 4.84 Å². The average molecular weight is 183 g/mol. The third-order valence-electron chi connectivity index (χ3n) is 1.94. The van der Waals surface area contributed by atoms with Gasteiger partial charge in [-0.25, -0.2) is 4.39 Å². The minimum Gasteiger partial charge on any atom is -0.305 e. The van der Waals surface area contributed by atoms with Crippen LogP contribution in [0.25, 0.3) is 0 Å². The minimum atomic E-state index is -0.212. The average Bonchev–Trinajstić information content (AvgIpc) is 2.16. The first-order chi connectivity index (χ1) is 6.27. The molecule has 0 bridgehead atoms. The molecule has 1 unspecified atom stereocenters. The maximum absolute atomic E-state index is 12.6. The SMILES string of the molecule is CCC(NOC)c1ccc(F)cc1. The summed E-state index contributed by atoms with van der Waals surface area (Å²) in [4.78, 5) is 4.84. The molecule has 0 aromatic heterocycles. The molecule has 3 heteroatoms. The van der Waals surface area contributed by atoms with E-state index in [2.05, 4.69) is 5.48 Å². The van der Waals surface area contributed by atoms with Crippen molar-refractivity contribution in [2.75, 3.05) is 7.11 Å². The summed E-state index contributed by atoms with van der Waals surface area (Å²) in [5, 5.41) is 0. The summed E-state index contributed by atoms with van der Waals surface area (Å²) < 4.78 is 12.6. The van der Waals surface area contributed by atoms with Crippen LogP contribution in [0.2, 0.25) is 0 Å². The number of halogens is 1. The Kier molecular flexibility index (Phi) is 3.86. The maximum atomic E-state index is 12.6. The van der Waals surface area contributed by atoms with Gasteiger partial charge in [-0.1, -0.05) is 19.1 Å². The number of hydroxylamine groups is 1. The Hall–Kier alpha value is -0.930. The molecular formula is C10H14FNO. The molecule has 0 aliphatic rings. The predicted octanol–water partition coefficient (Wildman–Crippen LogP) is 2.43. The van der Waals surface area contributed by atoms with Crippen molar-refractivity contribution in [1.29, 1.82) is 0 Å². The molecule has 72 valence electrons. The van der Waals surface area contributed by atoms with E-state index in [-0.39, 0.29) is 11.9 Å². The number of hydrogen-bond acceptors (Lipinski definition) is 2. The second kappa shape index (κ2) is 4.94. The molecule has 0 saturated carbocycles. The Bertz CT molecular complexity index is 248. The largest absolute Gasteiger partial charge is 0.305 e. The van der Waals surface area contributed by atoms with Crippen molar-refractivity contribution >= 4 is 0 Å². The van der Waals surface area contributed by atoms with Gasteiger partial charge in [0.1, 0.15) is 5.82 Å². The monoisotopic (exact) mass is 183 g/mol. The van der Waals surface area contributed by atoms with Crippen molar-refractivity contribution in [2.24, 2.45) is 0 Å². The molecule has 1 atom stereocenters. The van der Waals surface area contributed by atoms with E-state index in [9.17, 15) is 4.39 Å². The number of nitrogens with one attached hydrogen (secondary N) is 1. The van der Waals surface area contributed by atoms with Crippen molar-refractivity contribution in [2.45, 2.75) is 19.4 Å². The highest BCUT2D eigenvalue weighted by Gasteiger charge is 2.07. The number of hydrogen-bond donors (Lipinski definition) is 1. The molecule has 1 aromatic rings. The molecular weight excluding hydrogens is 169 g/mol. The van der Waals surface area contributed by atoms with Crippen LogP contribution in [0.1, 0.15) is 24.9 Å². The summed E-state index contributed by atoms with van der Waals surface area (Å²) >= 11 is 0. The van der Waals surface area contributed by atoms with Crippen LogP contribution in [0.5, 0.6) is 0 Å². The molecule has 2 nitrogen and oxygen atoms in total. The lowest BCUT2D eigenvalue weighted by Gasteiger charge is -2.15. The Balaban J connectivity index is 2.73. The number of benzene rings is 1. The Labute approximate surface area is 77.7 Å². The summed E-state index contributed by atoms with van der Waals surface area (Å²) in [5.74, 6) is -0.212. The van der Waals surface area contributed by atoms with E-state index in [0.717, 1.165) is 12.0 Å². The van der Waals surface area contributed by atoms with Gasteiger partial charge in [0, 0.05) is 0 Å². The summed E-state index contributed by atoms with van der Waals surface area (Å²) in [7, 11) is 1.58. The van der Waals surface area contributed by atoms with Crippen LogP contribution >= 0.6 is 0 Å². The molecule has 0 radical (unpaired) electrons. The van der Waals surface area contributed by atoms with E-state index in [1.54, 1.807) is 19.2 Å². The van der Waals surface area contributed by atoms with Gasteiger partial charge in [0.15, 0.2) is 0 Å². The third kappa shape index (κ3) is 2.79. The van der Waals surface area contributed by atoms with Crippen LogP contribution in [0, 0.1) is 5.82 Å². The van der Waals surface area contributed by atoms with Gasteiger partial charge in [0.05, 0.1) is 13.2 Å². The highest BCUT2D eigenvalue weighted by Crippen LogP contribution is 2.16. The minimum absolute atomic E-state index is 0.130. The van der Waals surface area contributed by atoms with Gasteiger partial charge >= 0.3 is 0 Å². The van der Waals surface area contributed by atoms with Gasteiger partial charge in [-0.3, -0.25) is 0 Å². The first-order valence-corrected chi connectivity index (χ1v) is 4.32. The second-order valence-corrected chi connectivity index (χ2v) is 2.83. The highest BCUT2D eigenvalue weighted by molar-refractivity contribution is 5.19. The Morgan fingerprint density at radius 2 is 2.00 bits per heavy atom. The normalized spacial score (nSPS) is 12.8. The second-order valence-electron chi connectivity index (χ2n) is 2.83. The fourth-order valence-corrected chi connectivity index (χ4v) is 1.22. The van der Waals surface area contributed by atoms with E-state index in [0.29, 0.717) is 0 Å². The zero-order valence-corrected chi connectivity index (χ0v) is 7.88. The fourth-order valence-electron chi connectivity index (χ4n) is 1.22. The lowest BCUT2D eigenvalue weighted by Crippen LogP contribution is -2.19. The van der Waals surface area contributed by atoms with Crippen LogP contribution in [-0.4, -0.2) is 7.11 Å². The summed E-state index contributed by atoms with van der Waals surface area (Å²) in [6.45, 7) is 2.04. The lowest BCUT2D eigenvalue weighted by molar-refractivity contribution is 0.0592. The van der Waals surface area contributed by atoms with Gasteiger partial charge in [-0.05, 0) is 24.1 Å². The molecule has 1 rings (SSSR count). The molecule has 1 N–H and O–H groups in total. The number of rotatable bonds is 4. The highest BCUT2D eigenvalue weighted by atomic mass is 19.1. The summed E-state index contributed by atoms with van der Waals surface area (Å²) in [5.41, 5.74) is 3.88. The van der Waals surface area contributed by atoms with Gasteiger partial charge in [-0.2, -0.15) is 5.48 Å². The molecule has 0 fully saturated rings. The quantitative estimate of drug-likeness (QED) is 0.724. The topological polar surface area (TPSA) is 21.3 Å². The van der Waals surface area contributed by atoms with Gasteiger partial charge in [-0.15, -0.1) is 0 Å². The lowest BCUT2D eigenvalue weighted by atomic mass is 10.1. The molecule has 1 aromatic carbocycles. The first-order valence-electron chi connectivity index (χ1n) is 4.32. The predicted molar refractivity (Wildman–Crippen MR) is 49.6 cm³/mol. The standard InChI is InChI=1S/C10H14FNO/c1-3-10(12-13-2)8-4-6-9(11)7-5-8/h4-7,10,12H,3H2,1-2H3. The summed E-state index contributed by atoms with van der Waals surface area (Å²) in [6.07, 6.45) is 0.902. The van der Waals surface area contributed by atoms with Crippen LogP contribution < -0.4 is 5.48 Å². The van der Waals surface area contributed by atoms with E-state index in [1.807, 2.05) is 6.92 Å². The van der Waals surface area contributed by atoms with Crippen molar-refractivity contribution < 1.29 is 9.23 Å². The first kappa shape index (κ1) is 10.2. The summed E-state index contributed by atoms with van der Waals surface area (Å²) in [6, 6.07) is 6.56. The van der Waals surface area contributed by atoms with Crippen molar-refractivity contribution in [3.63, 3.8) is 0 Å². The van der Waals surface area contributed by atoms with Crippen LogP contribution in [0.15, 0.2) is 24.3 Å². The fraction of sp³-hybridized carbons (Fsp3) is 0.400. The smallest absolute Gasteiger partial charge is 0.123 e. The van der Waals surface area contributed by atoms with E-state index < -0.39 is 0 Å². The molecule has 0 amide bonds. The van der Waals surface area contributed by atoms with Gasteiger partial charge < -0.3 is 4.84 Å². The Morgan fingerprint density at radius 3 is 2.46 bits per heavy atom. The van der Waals surface area contributed by atoms with E-state index in [1.165, 1.54) is 12.1 Å². The molecule has 0 aliphatic carbocycles. The van der Waals surface area contributed by atoms with Crippen LogP contribution in [0.3, 0.4) is 0 Å². The zero-order valence-electron chi connectivity index (χ0n) is 7.88. The van der Waals surface area contributed by atoms with Gasteiger partial charge in [0.25, 0.3) is 0 Å². The molecule has 0 aliphatic heterocycles. The van der Waals surface area contributed by atoms with Crippen LogP contribution in [-0.2, 0) is 4.84 Å².